The van der Waals surface area contributed by atoms with Crippen molar-refractivity contribution in [3.63, 3.8) is 0 Å². The molecule has 188 valence electrons. The summed E-state index contributed by atoms with van der Waals surface area (Å²) in [4.78, 5) is 27.4. The fourth-order valence-electron chi connectivity index (χ4n) is 4.57. The number of ether oxygens (including phenoxy) is 1. The summed E-state index contributed by atoms with van der Waals surface area (Å²) in [7, 11) is 0. The van der Waals surface area contributed by atoms with E-state index >= 15 is 0 Å². The normalized spacial score (nSPS) is 15.7. The number of halogens is 2. The van der Waals surface area contributed by atoms with E-state index < -0.39 is 12.1 Å². The molecule has 1 heterocycles. The SMILES string of the molecule is CCC(=O)N1CCc2ccc(O[C@@H](CC)C(=O)NCc3ccc(F)cc3)cc2[C@@H]1c1cccc(F)c1. The minimum absolute atomic E-state index is 0.00663. The Morgan fingerprint density at radius 1 is 1.03 bits per heavy atom. The second-order valence-corrected chi connectivity index (χ2v) is 8.87. The molecule has 3 aromatic carbocycles. The highest BCUT2D eigenvalue weighted by Crippen LogP contribution is 2.38. The molecule has 3 aromatic rings. The topological polar surface area (TPSA) is 58.6 Å². The first-order chi connectivity index (χ1) is 17.4. The highest BCUT2D eigenvalue weighted by molar-refractivity contribution is 5.81. The Labute approximate surface area is 210 Å². The van der Waals surface area contributed by atoms with E-state index in [9.17, 15) is 18.4 Å². The van der Waals surface area contributed by atoms with E-state index in [1.165, 1.54) is 24.3 Å². The van der Waals surface area contributed by atoms with Gasteiger partial charge in [0.1, 0.15) is 17.4 Å². The molecule has 0 spiro atoms. The van der Waals surface area contributed by atoms with Gasteiger partial charge in [-0.05, 0) is 71.5 Å². The van der Waals surface area contributed by atoms with Crippen LogP contribution in [0.2, 0.25) is 0 Å². The van der Waals surface area contributed by atoms with Crippen LogP contribution >= 0.6 is 0 Å². The zero-order valence-corrected chi connectivity index (χ0v) is 20.5. The average Bonchev–Trinajstić information content (AvgIpc) is 2.90. The van der Waals surface area contributed by atoms with Crippen molar-refractivity contribution in [1.29, 1.82) is 0 Å². The molecule has 1 N–H and O–H groups in total. The molecule has 1 aliphatic heterocycles. The fraction of sp³-hybridized carbons (Fsp3) is 0.310. The van der Waals surface area contributed by atoms with E-state index in [-0.39, 0.29) is 30.0 Å². The number of nitrogens with zero attached hydrogens (tertiary/aromatic N) is 1. The molecule has 0 radical (unpaired) electrons. The molecule has 0 fully saturated rings. The number of carbonyl (C=O) groups is 2. The Balaban J connectivity index is 1.57. The van der Waals surface area contributed by atoms with Gasteiger partial charge in [0, 0.05) is 19.5 Å². The summed E-state index contributed by atoms with van der Waals surface area (Å²) in [6.45, 7) is 4.48. The Bertz CT molecular complexity index is 1230. The molecule has 1 aliphatic rings. The maximum atomic E-state index is 14.1. The molecule has 36 heavy (non-hydrogen) atoms. The lowest BCUT2D eigenvalue weighted by molar-refractivity contribution is -0.133. The van der Waals surface area contributed by atoms with Crippen LogP contribution in [0.5, 0.6) is 5.75 Å². The molecule has 7 heteroatoms. The number of hydrogen-bond donors (Lipinski definition) is 1. The average molecular weight is 493 g/mol. The number of nitrogens with one attached hydrogen (secondary N) is 1. The van der Waals surface area contributed by atoms with Crippen molar-refractivity contribution >= 4 is 11.8 Å². The van der Waals surface area contributed by atoms with Gasteiger partial charge in [-0.15, -0.1) is 0 Å². The molecular formula is C29H30F2N2O3. The molecule has 0 bridgehead atoms. The van der Waals surface area contributed by atoms with Gasteiger partial charge in [0.2, 0.25) is 5.91 Å². The van der Waals surface area contributed by atoms with Crippen molar-refractivity contribution in [2.24, 2.45) is 0 Å². The largest absolute Gasteiger partial charge is 0.481 e. The Morgan fingerprint density at radius 3 is 2.50 bits per heavy atom. The Kier molecular flexibility index (Phi) is 7.98. The zero-order valence-electron chi connectivity index (χ0n) is 20.5. The highest BCUT2D eigenvalue weighted by Gasteiger charge is 2.32. The number of hydrogen-bond acceptors (Lipinski definition) is 3. The lowest BCUT2D eigenvalue weighted by Gasteiger charge is -2.38. The van der Waals surface area contributed by atoms with E-state index in [4.69, 9.17) is 4.74 Å². The molecule has 0 aromatic heterocycles. The van der Waals surface area contributed by atoms with Crippen LogP contribution in [0.4, 0.5) is 8.78 Å². The van der Waals surface area contributed by atoms with Gasteiger partial charge in [0.15, 0.2) is 6.10 Å². The maximum absolute atomic E-state index is 14.1. The third kappa shape index (κ3) is 5.73. The predicted octanol–water partition coefficient (Wildman–Crippen LogP) is 5.32. The minimum Gasteiger partial charge on any atom is -0.481 e. The van der Waals surface area contributed by atoms with E-state index in [1.54, 1.807) is 23.1 Å². The van der Waals surface area contributed by atoms with Crippen LogP contribution < -0.4 is 10.1 Å². The van der Waals surface area contributed by atoms with Crippen molar-refractivity contribution in [2.75, 3.05) is 6.54 Å². The van der Waals surface area contributed by atoms with Crippen LogP contribution in [0.1, 0.15) is 55.0 Å². The number of rotatable bonds is 8. The summed E-state index contributed by atoms with van der Waals surface area (Å²) in [6.07, 6.45) is 0.750. The quantitative estimate of drug-likeness (QED) is 0.463. The summed E-state index contributed by atoms with van der Waals surface area (Å²) in [6, 6.07) is 17.5. The van der Waals surface area contributed by atoms with Crippen molar-refractivity contribution in [1.82, 2.24) is 10.2 Å². The molecule has 0 aliphatic carbocycles. The van der Waals surface area contributed by atoms with E-state index in [2.05, 4.69) is 5.32 Å². The van der Waals surface area contributed by atoms with Gasteiger partial charge in [0.05, 0.1) is 6.04 Å². The zero-order chi connectivity index (χ0) is 25.7. The first-order valence-electron chi connectivity index (χ1n) is 12.3. The molecular weight excluding hydrogens is 462 g/mol. The van der Waals surface area contributed by atoms with Gasteiger partial charge < -0.3 is 15.0 Å². The van der Waals surface area contributed by atoms with Gasteiger partial charge >= 0.3 is 0 Å². The monoisotopic (exact) mass is 492 g/mol. The predicted molar refractivity (Wildman–Crippen MR) is 133 cm³/mol. The van der Waals surface area contributed by atoms with Gasteiger partial charge in [0.25, 0.3) is 5.91 Å². The lowest BCUT2D eigenvalue weighted by Crippen LogP contribution is -2.40. The first-order valence-corrected chi connectivity index (χ1v) is 12.3. The van der Waals surface area contributed by atoms with E-state index in [0.29, 0.717) is 37.1 Å². The van der Waals surface area contributed by atoms with Crippen LogP contribution in [0, 0.1) is 11.6 Å². The minimum atomic E-state index is -0.729. The molecule has 5 nitrogen and oxygen atoms in total. The standard InChI is InChI=1S/C29H30F2N2O3/c1-3-26(29(35)32-18-19-8-11-22(30)12-9-19)36-24-13-10-20-14-15-33(27(34)4-2)28(25(20)17-24)21-6-5-7-23(31)16-21/h5-13,16-17,26,28H,3-4,14-15,18H2,1-2H3,(H,32,35)/t26-,28-/m0/s1. The molecule has 2 atom stereocenters. The first kappa shape index (κ1) is 25.4. The fourth-order valence-corrected chi connectivity index (χ4v) is 4.57. The third-order valence-electron chi connectivity index (χ3n) is 6.45. The van der Waals surface area contributed by atoms with Crippen LogP contribution in [-0.2, 0) is 22.6 Å². The van der Waals surface area contributed by atoms with Crippen molar-refractivity contribution < 1.29 is 23.1 Å². The van der Waals surface area contributed by atoms with E-state index in [0.717, 1.165) is 16.7 Å². The summed E-state index contributed by atoms with van der Waals surface area (Å²) in [5.74, 6) is -0.468. The summed E-state index contributed by atoms with van der Waals surface area (Å²) >= 11 is 0. The van der Waals surface area contributed by atoms with E-state index in [1.807, 2.05) is 38.1 Å². The van der Waals surface area contributed by atoms with Crippen LogP contribution in [-0.4, -0.2) is 29.4 Å². The van der Waals surface area contributed by atoms with Gasteiger partial charge in [-0.3, -0.25) is 9.59 Å². The Morgan fingerprint density at radius 2 is 1.81 bits per heavy atom. The van der Waals surface area contributed by atoms with Gasteiger partial charge in [-0.1, -0.05) is 44.2 Å². The third-order valence-corrected chi connectivity index (χ3v) is 6.45. The molecule has 2 amide bonds. The van der Waals surface area contributed by atoms with Crippen LogP contribution in [0.25, 0.3) is 0 Å². The van der Waals surface area contributed by atoms with Gasteiger partial charge in [-0.25, -0.2) is 8.78 Å². The van der Waals surface area contributed by atoms with Crippen molar-refractivity contribution in [2.45, 2.75) is 51.8 Å². The molecule has 0 unspecified atom stereocenters. The van der Waals surface area contributed by atoms with Gasteiger partial charge in [-0.2, -0.15) is 0 Å². The smallest absolute Gasteiger partial charge is 0.261 e. The lowest BCUT2D eigenvalue weighted by atomic mass is 9.87. The maximum Gasteiger partial charge on any atom is 0.261 e. The molecule has 0 saturated heterocycles. The number of benzene rings is 3. The van der Waals surface area contributed by atoms with Crippen molar-refractivity contribution in [3.05, 3.63) is 101 Å². The number of carbonyl (C=O) groups excluding carboxylic acids is 2. The Hall–Kier alpha value is -3.74. The summed E-state index contributed by atoms with van der Waals surface area (Å²) in [5.41, 5.74) is 3.41. The van der Waals surface area contributed by atoms with Crippen LogP contribution in [0.3, 0.4) is 0 Å². The number of fused-ring (bicyclic) bond motifs is 1. The van der Waals surface area contributed by atoms with Crippen molar-refractivity contribution in [3.8, 4) is 5.75 Å². The summed E-state index contributed by atoms with van der Waals surface area (Å²) in [5, 5.41) is 2.84. The molecule has 4 rings (SSSR count). The second-order valence-electron chi connectivity index (χ2n) is 8.87. The van der Waals surface area contributed by atoms with Crippen LogP contribution in [0.15, 0.2) is 66.7 Å². The summed E-state index contributed by atoms with van der Waals surface area (Å²) < 4.78 is 33.3. The molecule has 0 saturated carbocycles. The second kappa shape index (κ2) is 11.3. The number of amides is 2. The highest BCUT2D eigenvalue weighted by atomic mass is 19.1.